The Kier molecular flexibility index (Phi) is 7.34. The van der Waals surface area contributed by atoms with E-state index in [1.165, 1.54) is 12.1 Å². The minimum Gasteiger partial charge on any atom is -0.508 e. The largest absolute Gasteiger partial charge is 0.508 e. The zero-order valence-corrected chi connectivity index (χ0v) is 17.9. The SMILES string of the molecule is C[C@H](NC(=O)[C@@H](N)Cc1ccc(O)cc1)P(=O)(Oc1ccccc1)Oc1ccccc1. The van der Waals surface area contributed by atoms with Gasteiger partial charge in [0.1, 0.15) is 17.2 Å². The molecule has 1 amide bonds. The third-order valence-electron chi connectivity index (χ3n) is 4.51. The van der Waals surface area contributed by atoms with Crippen LogP contribution in [-0.4, -0.2) is 22.8 Å². The number of hydrogen-bond acceptors (Lipinski definition) is 6. The van der Waals surface area contributed by atoms with Crippen LogP contribution in [0.2, 0.25) is 0 Å². The highest BCUT2D eigenvalue weighted by Crippen LogP contribution is 2.51. The van der Waals surface area contributed by atoms with E-state index in [1.54, 1.807) is 67.6 Å². The fourth-order valence-electron chi connectivity index (χ4n) is 2.80. The molecule has 7 nitrogen and oxygen atoms in total. The summed E-state index contributed by atoms with van der Waals surface area (Å²) < 4.78 is 25.1. The van der Waals surface area contributed by atoms with Crippen molar-refractivity contribution < 1.29 is 23.5 Å². The monoisotopic (exact) mass is 440 g/mol. The van der Waals surface area contributed by atoms with Gasteiger partial charge in [0.2, 0.25) is 5.91 Å². The van der Waals surface area contributed by atoms with E-state index in [2.05, 4.69) is 5.32 Å². The highest BCUT2D eigenvalue weighted by molar-refractivity contribution is 7.55. The molecule has 0 bridgehead atoms. The lowest BCUT2D eigenvalue weighted by molar-refractivity contribution is -0.122. The Morgan fingerprint density at radius 3 is 1.90 bits per heavy atom. The molecule has 2 atom stereocenters. The number of nitrogens with two attached hydrogens (primary N) is 1. The van der Waals surface area contributed by atoms with E-state index in [-0.39, 0.29) is 12.2 Å². The van der Waals surface area contributed by atoms with Gasteiger partial charge >= 0.3 is 7.60 Å². The summed E-state index contributed by atoms with van der Waals surface area (Å²) in [5.41, 5.74) is 6.83. The van der Waals surface area contributed by atoms with E-state index in [0.29, 0.717) is 11.5 Å². The van der Waals surface area contributed by atoms with Crippen LogP contribution in [0.15, 0.2) is 84.9 Å². The highest BCUT2D eigenvalue weighted by atomic mass is 31.2. The summed E-state index contributed by atoms with van der Waals surface area (Å²) >= 11 is 0. The normalized spacial score (nSPS) is 13.1. The number of aromatic hydroxyl groups is 1. The third-order valence-corrected chi connectivity index (χ3v) is 6.51. The summed E-state index contributed by atoms with van der Waals surface area (Å²) in [6.07, 6.45) is 0.252. The third kappa shape index (κ3) is 6.35. The molecular formula is C23H25N2O5P. The quantitative estimate of drug-likeness (QED) is 0.433. The van der Waals surface area contributed by atoms with E-state index in [0.717, 1.165) is 5.56 Å². The van der Waals surface area contributed by atoms with Crippen molar-refractivity contribution in [2.24, 2.45) is 5.73 Å². The van der Waals surface area contributed by atoms with Gasteiger partial charge in [-0.3, -0.25) is 4.79 Å². The van der Waals surface area contributed by atoms with Crippen LogP contribution < -0.4 is 20.1 Å². The Bertz CT molecular complexity index is 983. The highest BCUT2D eigenvalue weighted by Gasteiger charge is 2.38. The van der Waals surface area contributed by atoms with Crippen LogP contribution in [0.4, 0.5) is 0 Å². The summed E-state index contributed by atoms with van der Waals surface area (Å²) in [7, 11) is -3.86. The second kappa shape index (κ2) is 10.2. The van der Waals surface area contributed by atoms with Crippen molar-refractivity contribution >= 4 is 13.5 Å². The van der Waals surface area contributed by atoms with Gasteiger partial charge in [0.15, 0.2) is 5.78 Å². The van der Waals surface area contributed by atoms with Gasteiger partial charge in [0.05, 0.1) is 6.04 Å². The number of amides is 1. The summed E-state index contributed by atoms with van der Waals surface area (Å²) in [6.45, 7) is 1.55. The van der Waals surface area contributed by atoms with E-state index >= 15 is 0 Å². The van der Waals surface area contributed by atoms with Gasteiger partial charge < -0.3 is 25.2 Å². The topological polar surface area (TPSA) is 111 Å². The van der Waals surface area contributed by atoms with Crippen molar-refractivity contribution in [2.75, 3.05) is 0 Å². The maximum atomic E-state index is 13.7. The van der Waals surface area contributed by atoms with Crippen LogP contribution >= 0.6 is 7.60 Å². The molecular weight excluding hydrogens is 415 g/mol. The van der Waals surface area contributed by atoms with Gasteiger partial charge in [-0.15, -0.1) is 0 Å². The molecule has 0 heterocycles. The molecule has 4 N–H and O–H groups in total. The van der Waals surface area contributed by atoms with Crippen LogP contribution in [0.3, 0.4) is 0 Å². The molecule has 0 aliphatic heterocycles. The maximum absolute atomic E-state index is 13.7. The number of hydrogen-bond donors (Lipinski definition) is 3. The lowest BCUT2D eigenvalue weighted by Crippen LogP contribution is -2.46. The molecule has 3 rings (SSSR count). The molecule has 162 valence electrons. The Balaban J connectivity index is 1.73. The van der Waals surface area contributed by atoms with Crippen molar-refractivity contribution in [1.82, 2.24) is 5.32 Å². The number of phenolic OH excluding ortho intramolecular Hbond substituents is 1. The minimum atomic E-state index is -3.86. The predicted molar refractivity (Wildman–Crippen MR) is 119 cm³/mol. The van der Waals surface area contributed by atoms with Crippen molar-refractivity contribution in [3.8, 4) is 17.2 Å². The second-order valence-corrected chi connectivity index (χ2v) is 9.23. The number of nitrogens with one attached hydrogen (secondary N) is 1. The molecule has 8 heteroatoms. The molecule has 3 aromatic rings. The van der Waals surface area contributed by atoms with Crippen LogP contribution in [0.25, 0.3) is 0 Å². The van der Waals surface area contributed by atoms with Gasteiger partial charge in [0.25, 0.3) is 0 Å². The molecule has 0 aromatic heterocycles. The molecule has 31 heavy (non-hydrogen) atoms. The Morgan fingerprint density at radius 1 is 0.935 bits per heavy atom. The number of carbonyl (C=O) groups excluding carboxylic acids is 1. The van der Waals surface area contributed by atoms with E-state index in [4.69, 9.17) is 14.8 Å². The van der Waals surface area contributed by atoms with E-state index < -0.39 is 25.3 Å². The Labute approximate surface area is 181 Å². The second-order valence-electron chi connectivity index (χ2n) is 7.01. The molecule has 0 spiro atoms. The average molecular weight is 440 g/mol. The molecule has 0 aliphatic rings. The minimum absolute atomic E-state index is 0.132. The van der Waals surface area contributed by atoms with Gasteiger partial charge in [-0.25, -0.2) is 4.57 Å². The smallest absolute Gasteiger partial charge is 0.452 e. The lowest BCUT2D eigenvalue weighted by Gasteiger charge is -2.26. The van der Waals surface area contributed by atoms with Crippen LogP contribution in [0, 0.1) is 0 Å². The first-order valence-electron chi connectivity index (χ1n) is 9.78. The van der Waals surface area contributed by atoms with Crippen LogP contribution in [-0.2, 0) is 15.8 Å². The van der Waals surface area contributed by atoms with Gasteiger partial charge in [0, 0.05) is 0 Å². The first-order valence-corrected chi connectivity index (χ1v) is 11.4. The molecule has 3 aromatic carbocycles. The predicted octanol–water partition coefficient (Wildman–Crippen LogP) is 4.08. The first kappa shape index (κ1) is 22.4. The van der Waals surface area contributed by atoms with E-state index in [1.807, 2.05) is 12.1 Å². The maximum Gasteiger partial charge on any atom is 0.452 e. The van der Waals surface area contributed by atoms with Gasteiger partial charge in [-0.05, 0) is 55.3 Å². The fraction of sp³-hybridized carbons (Fsp3) is 0.174. The Morgan fingerprint density at radius 2 is 1.42 bits per heavy atom. The molecule has 0 fully saturated rings. The van der Waals surface area contributed by atoms with Crippen LogP contribution in [0.1, 0.15) is 12.5 Å². The number of benzene rings is 3. The zero-order valence-electron chi connectivity index (χ0n) is 17.0. The van der Waals surface area contributed by atoms with Gasteiger partial charge in [-0.1, -0.05) is 48.5 Å². The number of phenols is 1. The lowest BCUT2D eigenvalue weighted by atomic mass is 10.1. The van der Waals surface area contributed by atoms with Crippen LogP contribution in [0.5, 0.6) is 17.2 Å². The summed E-state index contributed by atoms with van der Waals surface area (Å²) in [5.74, 6) is -0.611. The standard InChI is InChI=1S/C23H25N2O5P/c1-17(25-23(27)22(24)16-18-12-14-19(26)15-13-18)31(28,29-20-8-4-2-5-9-20)30-21-10-6-3-7-11-21/h2-15,17,22,26H,16,24H2,1H3,(H,25,27)/t17-,22+/m1/s1. The number of para-hydroxylation sites is 2. The molecule has 0 aliphatic carbocycles. The number of carbonyl (C=O) groups is 1. The summed E-state index contributed by atoms with van der Waals surface area (Å²) in [6, 6.07) is 22.8. The molecule has 0 saturated carbocycles. The van der Waals surface area contributed by atoms with Crippen molar-refractivity contribution in [3.63, 3.8) is 0 Å². The summed E-state index contributed by atoms with van der Waals surface area (Å²) in [4.78, 5) is 12.7. The summed E-state index contributed by atoms with van der Waals surface area (Å²) in [5, 5.41) is 12.0. The molecule has 0 radical (unpaired) electrons. The fourth-order valence-corrected chi connectivity index (χ4v) is 4.27. The zero-order chi connectivity index (χ0) is 22.3. The first-order chi connectivity index (χ1) is 14.9. The Hall–Kier alpha value is -3.28. The van der Waals surface area contributed by atoms with Crippen molar-refractivity contribution in [1.29, 1.82) is 0 Å². The van der Waals surface area contributed by atoms with Crippen molar-refractivity contribution in [2.45, 2.75) is 25.2 Å². The number of rotatable bonds is 9. The molecule has 0 saturated heterocycles. The van der Waals surface area contributed by atoms with Crippen molar-refractivity contribution in [3.05, 3.63) is 90.5 Å². The van der Waals surface area contributed by atoms with E-state index in [9.17, 15) is 14.5 Å². The molecule has 0 unspecified atom stereocenters. The average Bonchev–Trinajstić information content (AvgIpc) is 2.76. The van der Waals surface area contributed by atoms with Gasteiger partial charge in [-0.2, -0.15) is 0 Å².